The van der Waals surface area contributed by atoms with Crippen molar-refractivity contribution in [1.29, 1.82) is 0 Å². The molecule has 166 valence electrons. The van der Waals surface area contributed by atoms with Crippen molar-refractivity contribution >= 4 is 34.6 Å². The van der Waals surface area contributed by atoms with Crippen molar-refractivity contribution in [2.75, 3.05) is 23.3 Å². The molecule has 4 rings (SSSR count). The molecule has 0 unspecified atom stereocenters. The molecule has 5 nitrogen and oxygen atoms in total. The van der Waals surface area contributed by atoms with E-state index in [2.05, 4.69) is 5.32 Å². The lowest BCUT2D eigenvalue weighted by atomic mass is 10.1. The van der Waals surface area contributed by atoms with Crippen LogP contribution in [0.5, 0.6) is 0 Å². The van der Waals surface area contributed by atoms with Crippen molar-refractivity contribution in [2.24, 2.45) is 0 Å². The normalized spacial score (nSPS) is 14.5. The van der Waals surface area contributed by atoms with Gasteiger partial charge in [0.1, 0.15) is 0 Å². The highest BCUT2D eigenvalue weighted by molar-refractivity contribution is 7.12. The third-order valence-electron chi connectivity index (χ3n) is 5.10. The second-order valence-corrected chi connectivity index (χ2v) is 8.34. The average Bonchev–Trinajstić information content (AvgIpc) is 3.30. The summed E-state index contributed by atoms with van der Waals surface area (Å²) in [7, 11) is 0. The van der Waals surface area contributed by atoms with Gasteiger partial charge in [0.15, 0.2) is 0 Å². The molecule has 1 aromatic heterocycles. The number of hydrogen-bond donors (Lipinski definition) is 1. The second-order valence-electron chi connectivity index (χ2n) is 7.39. The molecule has 2 aromatic carbocycles. The summed E-state index contributed by atoms with van der Waals surface area (Å²) in [5.41, 5.74) is 0.869. The van der Waals surface area contributed by atoms with E-state index in [4.69, 9.17) is 0 Å². The molecule has 0 saturated carbocycles. The quantitative estimate of drug-likeness (QED) is 0.520. The van der Waals surface area contributed by atoms with Gasteiger partial charge in [-0.05, 0) is 53.8 Å². The molecule has 1 aliphatic rings. The van der Waals surface area contributed by atoms with Gasteiger partial charge in [0.2, 0.25) is 0 Å². The number of urea groups is 1. The summed E-state index contributed by atoms with van der Waals surface area (Å²) in [6, 6.07) is 15.2. The number of benzene rings is 2. The number of alkyl halides is 3. The Hall–Kier alpha value is -3.33. The van der Waals surface area contributed by atoms with Gasteiger partial charge >= 0.3 is 12.2 Å². The summed E-state index contributed by atoms with van der Waals surface area (Å²) in [5, 5.41) is 4.64. The number of nitrogens with one attached hydrogen (secondary N) is 1. The van der Waals surface area contributed by atoms with E-state index >= 15 is 0 Å². The molecule has 0 atom stereocenters. The van der Waals surface area contributed by atoms with E-state index in [0.29, 0.717) is 41.3 Å². The van der Waals surface area contributed by atoms with Crippen molar-refractivity contribution in [2.45, 2.75) is 19.1 Å². The fraction of sp³-hybridized carbons (Fsp3) is 0.217. The predicted octanol–water partition coefficient (Wildman–Crippen LogP) is 5.85. The van der Waals surface area contributed by atoms with Crippen LogP contribution in [0.3, 0.4) is 0 Å². The highest BCUT2D eigenvalue weighted by Gasteiger charge is 2.31. The van der Waals surface area contributed by atoms with Gasteiger partial charge in [-0.2, -0.15) is 13.2 Å². The first kappa shape index (κ1) is 21.9. The number of anilines is 2. The largest absolute Gasteiger partial charge is 0.416 e. The van der Waals surface area contributed by atoms with Crippen LogP contribution in [-0.2, 0) is 12.7 Å². The first-order valence-corrected chi connectivity index (χ1v) is 10.9. The van der Waals surface area contributed by atoms with E-state index in [-0.39, 0.29) is 18.5 Å². The van der Waals surface area contributed by atoms with E-state index in [1.54, 1.807) is 47.4 Å². The number of nitrogens with zero attached hydrogens (tertiary/aromatic N) is 2. The van der Waals surface area contributed by atoms with Gasteiger partial charge < -0.3 is 10.2 Å². The maximum atomic E-state index is 13.1. The van der Waals surface area contributed by atoms with Crippen molar-refractivity contribution in [3.63, 3.8) is 0 Å². The number of hydrogen-bond acceptors (Lipinski definition) is 3. The van der Waals surface area contributed by atoms with E-state index in [1.807, 2.05) is 5.38 Å². The Bertz CT molecular complexity index is 1120. The van der Waals surface area contributed by atoms with Crippen LogP contribution < -0.4 is 10.2 Å². The number of amides is 3. The molecule has 1 saturated heterocycles. The number of carbonyl (C=O) groups excluding carboxylic acids is 2. The third kappa shape index (κ3) is 4.94. The molecule has 0 bridgehead atoms. The van der Waals surface area contributed by atoms with Gasteiger partial charge in [-0.25, -0.2) is 4.79 Å². The SMILES string of the molecule is O=C(Nc1cccc(N2CCCN(Cc3cccc(C(F)(F)F)c3)C2=O)c1)c1cccs1. The Balaban J connectivity index is 1.48. The summed E-state index contributed by atoms with van der Waals surface area (Å²) in [5.74, 6) is -0.228. The lowest BCUT2D eigenvalue weighted by molar-refractivity contribution is -0.137. The Morgan fingerprint density at radius 2 is 1.84 bits per heavy atom. The smallest absolute Gasteiger partial charge is 0.321 e. The van der Waals surface area contributed by atoms with Gasteiger partial charge in [0.05, 0.1) is 10.4 Å². The number of thiophene rings is 1. The topological polar surface area (TPSA) is 52.7 Å². The zero-order chi connectivity index (χ0) is 22.7. The van der Waals surface area contributed by atoms with Crippen LogP contribution in [0.1, 0.15) is 27.2 Å². The van der Waals surface area contributed by atoms with Crippen LogP contribution in [0, 0.1) is 0 Å². The molecule has 3 amide bonds. The summed E-state index contributed by atoms with van der Waals surface area (Å²) >= 11 is 1.33. The van der Waals surface area contributed by atoms with E-state index in [0.717, 1.165) is 12.1 Å². The number of carbonyl (C=O) groups is 2. The monoisotopic (exact) mass is 459 g/mol. The van der Waals surface area contributed by atoms with Crippen LogP contribution >= 0.6 is 11.3 Å². The predicted molar refractivity (Wildman–Crippen MR) is 118 cm³/mol. The lowest BCUT2D eigenvalue weighted by Crippen LogP contribution is -2.49. The maximum Gasteiger partial charge on any atom is 0.416 e. The summed E-state index contributed by atoms with van der Waals surface area (Å²) in [4.78, 5) is 29.1. The van der Waals surface area contributed by atoms with Crippen LogP contribution in [-0.4, -0.2) is 29.9 Å². The number of rotatable bonds is 5. The number of halogens is 3. The van der Waals surface area contributed by atoms with Crippen LogP contribution in [0.2, 0.25) is 0 Å². The average molecular weight is 459 g/mol. The Morgan fingerprint density at radius 3 is 2.59 bits per heavy atom. The Kier molecular flexibility index (Phi) is 6.18. The van der Waals surface area contributed by atoms with Crippen LogP contribution in [0.15, 0.2) is 66.0 Å². The third-order valence-corrected chi connectivity index (χ3v) is 5.97. The van der Waals surface area contributed by atoms with Gasteiger partial charge in [-0.1, -0.05) is 24.3 Å². The zero-order valence-electron chi connectivity index (χ0n) is 16.9. The first-order valence-electron chi connectivity index (χ1n) is 9.99. The van der Waals surface area contributed by atoms with Crippen LogP contribution in [0.4, 0.5) is 29.3 Å². The minimum atomic E-state index is -4.43. The molecule has 1 fully saturated rings. The van der Waals surface area contributed by atoms with Crippen molar-refractivity contribution in [1.82, 2.24) is 4.90 Å². The van der Waals surface area contributed by atoms with Gasteiger partial charge in [-0.15, -0.1) is 11.3 Å². The van der Waals surface area contributed by atoms with Crippen molar-refractivity contribution in [3.05, 3.63) is 82.0 Å². The molecule has 0 spiro atoms. The molecule has 2 heterocycles. The van der Waals surface area contributed by atoms with Gasteiger partial charge in [0, 0.05) is 31.0 Å². The molecule has 0 aliphatic carbocycles. The fourth-order valence-corrected chi connectivity index (χ4v) is 4.21. The Labute approximate surface area is 187 Å². The minimum absolute atomic E-state index is 0.0913. The Morgan fingerprint density at radius 1 is 1.03 bits per heavy atom. The van der Waals surface area contributed by atoms with Crippen molar-refractivity contribution < 1.29 is 22.8 Å². The summed E-state index contributed by atoms with van der Waals surface area (Å²) in [6.07, 6.45) is -3.75. The van der Waals surface area contributed by atoms with E-state index in [1.165, 1.54) is 22.3 Å². The van der Waals surface area contributed by atoms with Gasteiger partial charge in [0.25, 0.3) is 5.91 Å². The van der Waals surface area contributed by atoms with Gasteiger partial charge in [-0.3, -0.25) is 9.69 Å². The fourth-order valence-electron chi connectivity index (χ4n) is 3.59. The molecule has 3 aromatic rings. The highest BCUT2D eigenvalue weighted by Crippen LogP contribution is 2.30. The summed E-state index contributed by atoms with van der Waals surface area (Å²) in [6.45, 7) is 1.04. The second kappa shape index (κ2) is 9.04. The maximum absolute atomic E-state index is 13.1. The zero-order valence-corrected chi connectivity index (χ0v) is 17.7. The lowest BCUT2D eigenvalue weighted by Gasteiger charge is -2.36. The minimum Gasteiger partial charge on any atom is -0.321 e. The standard InChI is InChI=1S/C23H20F3N3O2S/c24-23(25,26)17-6-1-5-16(13-17)15-28-10-4-11-29(22(28)31)19-8-2-7-18(14-19)27-21(30)20-9-3-12-32-20/h1-3,5-9,12-14H,4,10-11,15H2,(H,27,30). The molecule has 9 heteroatoms. The molecule has 0 radical (unpaired) electrons. The first-order chi connectivity index (χ1) is 15.3. The van der Waals surface area contributed by atoms with Crippen molar-refractivity contribution in [3.8, 4) is 0 Å². The molecular formula is C23H20F3N3O2S. The molecule has 1 aliphatic heterocycles. The van der Waals surface area contributed by atoms with E-state index < -0.39 is 11.7 Å². The van der Waals surface area contributed by atoms with Crippen LogP contribution in [0.25, 0.3) is 0 Å². The molecule has 32 heavy (non-hydrogen) atoms. The highest BCUT2D eigenvalue weighted by atomic mass is 32.1. The van der Waals surface area contributed by atoms with E-state index in [9.17, 15) is 22.8 Å². The summed E-state index contributed by atoms with van der Waals surface area (Å²) < 4.78 is 39.0. The molecular weight excluding hydrogens is 439 g/mol. The molecule has 1 N–H and O–H groups in total.